The predicted molar refractivity (Wildman–Crippen MR) is 284 cm³/mol. The summed E-state index contributed by atoms with van der Waals surface area (Å²) in [5, 5.41) is 0. The zero-order chi connectivity index (χ0) is 48.2. The number of ether oxygens (including phenoxy) is 3. The smallest absolute Gasteiger partial charge is 0.306 e. The molecule has 0 spiro atoms. The third-order valence-corrected chi connectivity index (χ3v) is 14.1. The summed E-state index contributed by atoms with van der Waals surface area (Å²) >= 11 is 0. The first kappa shape index (κ1) is 64.4. The maximum Gasteiger partial charge on any atom is 0.306 e. The fourth-order valence-corrected chi connectivity index (χ4v) is 9.20. The molecular weight excluding hydrogens is 817 g/mol. The Kier molecular flexibility index (Phi) is 51.5. The number of rotatable bonds is 54. The molecule has 0 aromatic rings. The molecule has 0 aromatic carbocycles. The summed E-state index contributed by atoms with van der Waals surface area (Å²) in [6.07, 6.45) is 56.7. The molecule has 0 saturated carbocycles. The van der Waals surface area contributed by atoms with Gasteiger partial charge < -0.3 is 14.2 Å². The molecule has 6 nitrogen and oxygen atoms in total. The van der Waals surface area contributed by atoms with Crippen LogP contribution in [0.1, 0.15) is 336 Å². The number of esters is 3. The molecule has 66 heavy (non-hydrogen) atoms. The minimum atomic E-state index is -0.762. The molecule has 392 valence electrons. The molecule has 0 aliphatic heterocycles. The van der Waals surface area contributed by atoms with Gasteiger partial charge in [-0.15, -0.1) is 0 Å². The van der Waals surface area contributed by atoms with E-state index in [9.17, 15) is 14.4 Å². The maximum atomic E-state index is 12.8. The fraction of sp³-hybridized carbons (Fsp3) is 0.950. The molecule has 0 radical (unpaired) electrons. The summed E-state index contributed by atoms with van der Waals surface area (Å²) in [6.45, 7) is 11.5. The van der Waals surface area contributed by atoms with Gasteiger partial charge in [-0.3, -0.25) is 14.4 Å². The van der Waals surface area contributed by atoms with Crippen LogP contribution in [0.4, 0.5) is 0 Å². The van der Waals surface area contributed by atoms with Gasteiger partial charge in [0.25, 0.3) is 0 Å². The van der Waals surface area contributed by atoms with Crippen LogP contribution in [0.2, 0.25) is 0 Å². The van der Waals surface area contributed by atoms with Crippen LogP contribution in [-0.2, 0) is 28.6 Å². The van der Waals surface area contributed by atoms with Gasteiger partial charge in [0.2, 0.25) is 0 Å². The zero-order valence-corrected chi connectivity index (χ0v) is 45.3. The Hall–Kier alpha value is -1.59. The van der Waals surface area contributed by atoms with Crippen LogP contribution >= 0.6 is 0 Å². The third kappa shape index (κ3) is 51.8. The molecule has 0 aromatic heterocycles. The average Bonchev–Trinajstić information content (AvgIpc) is 3.30. The van der Waals surface area contributed by atoms with Gasteiger partial charge in [0.15, 0.2) is 6.10 Å². The van der Waals surface area contributed by atoms with E-state index in [1.165, 1.54) is 225 Å². The first-order chi connectivity index (χ1) is 32.3. The first-order valence-corrected chi connectivity index (χ1v) is 29.8. The SMILES string of the molecule is CCCCCCCCCCCCC(=O)O[C@H](COC(=O)CCCCCCCCCCCCCCCCCCCCC(C)CC)COC(=O)CCCCCCCCCCCCCCCC(C)C. The van der Waals surface area contributed by atoms with Gasteiger partial charge in [0.1, 0.15) is 13.2 Å². The van der Waals surface area contributed by atoms with Crippen LogP contribution in [0.3, 0.4) is 0 Å². The van der Waals surface area contributed by atoms with E-state index in [-0.39, 0.29) is 31.1 Å². The summed E-state index contributed by atoms with van der Waals surface area (Å²) < 4.78 is 16.9. The monoisotopic (exact) mass is 933 g/mol. The molecule has 0 aliphatic carbocycles. The normalized spacial score (nSPS) is 12.5. The van der Waals surface area contributed by atoms with Crippen LogP contribution in [-0.4, -0.2) is 37.2 Å². The van der Waals surface area contributed by atoms with Crippen LogP contribution < -0.4 is 0 Å². The Morgan fingerprint density at radius 1 is 0.318 bits per heavy atom. The van der Waals surface area contributed by atoms with Crippen molar-refractivity contribution in [2.24, 2.45) is 11.8 Å². The molecule has 2 atom stereocenters. The number of hydrogen-bond acceptors (Lipinski definition) is 6. The Balaban J connectivity index is 4.17. The van der Waals surface area contributed by atoms with E-state index in [1.54, 1.807) is 0 Å². The number of carbonyl (C=O) groups is 3. The van der Waals surface area contributed by atoms with Gasteiger partial charge in [-0.2, -0.15) is 0 Å². The molecule has 0 amide bonds. The molecule has 1 unspecified atom stereocenters. The second kappa shape index (κ2) is 52.8. The van der Waals surface area contributed by atoms with E-state index in [2.05, 4.69) is 34.6 Å². The quantitative estimate of drug-likeness (QED) is 0.0343. The molecule has 0 N–H and O–H groups in total. The van der Waals surface area contributed by atoms with E-state index in [0.717, 1.165) is 69.6 Å². The molecule has 0 aliphatic rings. The Morgan fingerprint density at radius 3 is 0.864 bits per heavy atom. The van der Waals surface area contributed by atoms with Gasteiger partial charge in [-0.05, 0) is 31.1 Å². The standard InChI is InChI=1S/C60H116O6/c1-6-8-9-10-11-12-30-37-42-47-52-60(63)66-57(54-65-59(62)51-46-41-36-32-27-23-19-20-24-28-33-38-43-48-55(3)4)53-64-58(61)50-45-40-35-31-26-22-18-16-14-13-15-17-21-25-29-34-39-44-49-56(5)7-2/h55-57H,6-54H2,1-5H3/t56?,57-/m1/s1. The Morgan fingerprint density at radius 2 is 0.576 bits per heavy atom. The van der Waals surface area contributed by atoms with E-state index in [4.69, 9.17) is 14.2 Å². The topological polar surface area (TPSA) is 78.9 Å². The Labute approximate surface area is 412 Å². The van der Waals surface area contributed by atoms with E-state index >= 15 is 0 Å². The summed E-state index contributed by atoms with van der Waals surface area (Å²) in [6, 6.07) is 0. The van der Waals surface area contributed by atoms with E-state index < -0.39 is 6.10 Å². The lowest BCUT2D eigenvalue weighted by Crippen LogP contribution is -2.30. The molecule has 0 rings (SSSR count). The van der Waals surface area contributed by atoms with Crippen molar-refractivity contribution in [2.75, 3.05) is 13.2 Å². The lowest BCUT2D eigenvalue weighted by Gasteiger charge is -2.18. The highest BCUT2D eigenvalue weighted by molar-refractivity contribution is 5.71. The average molecular weight is 934 g/mol. The number of carbonyl (C=O) groups excluding carboxylic acids is 3. The number of hydrogen-bond donors (Lipinski definition) is 0. The Bertz CT molecular complexity index is 1010. The molecule has 0 fully saturated rings. The highest BCUT2D eigenvalue weighted by Gasteiger charge is 2.19. The van der Waals surface area contributed by atoms with Crippen molar-refractivity contribution in [3.63, 3.8) is 0 Å². The van der Waals surface area contributed by atoms with E-state index in [0.29, 0.717) is 19.3 Å². The molecule has 0 saturated heterocycles. The van der Waals surface area contributed by atoms with Crippen molar-refractivity contribution in [1.29, 1.82) is 0 Å². The zero-order valence-electron chi connectivity index (χ0n) is 45.3. The van der Waals surface area contributed by atoms with Gasteiger partial charge in [-0.1, -0.05) is 298 Å². The summed E-state index contributed by atoms with van der Waals surface area (Å²) in [5.74, 6) is 0.910. The van der Waals surface area contributed by atoms with Gasteiger partial charge in [0.05, 0.1) is 0 Å². The van der Waals surface area contributed by atoms with Crippen LogP contribution in [0.15, 0.2) is 0 Å². The van der Waals surface area contributed by atoms with Crippen molar-refractivity contribution >= 4 is 17.9 Å². The molecule has 0 heterocycles. The van der Waals surface area contributed by atoms with Crippen molar-refractivity contribution < 1.29 is 28.6 Å². The highest BCUT2D eigenvalue weighted by Crippen LogP contribution is 2.19. The van der Waals surface area contributed by atoms with E-state index in [1.807, 2.05) is 0 Å². The molecular formula is C60H116O6. The van der Waals surface area contributed by atoms with Crippen molar-refractivity contribution in [3.8, 4) is 0 Å². The number of unbranched alkanes of at least 4 members (excludes halogenated alkanes) is 38. The predicted octanol–water partition coefficient (Wildman–Crippen LogP) is 19.7. The minimum Gasteiger partial charge on any atom is -0.462 e. The van der Waals surface area contributed by atoms with Crippen LogP contribution in [0.25, 0.3) is 0 Å². The summed E-state index contributed by atoms with van der Waals surface area (Å²) in [5.41, 5.74) is 0. The summed E-state index contributed by atoms with van der Waals surface area (Å²) in [4.78, 5) is 38.1. The second-order valence-corrected chi connectivity index (χ2v) is 21.4. The van der Waals surface area contributed by atoms with Gasteiger partial charge in [0, 0.05) is 19.3 Å². The highest BCUT2D eigenvalue weighted by atomic mass is 16.6. The lowest BCUT2D eigenvalue weighted by atomic mass is 9.99. The lowest BCUT2D eigenvalue weighted by molar-refractivity contribution is -0.167. The van der Waals surface area contributed by atoms with Gasteiger partial charge >= 0.3 is 17.9 Å². The van der Waals surface area contributed by atoms with Crippen molar-refractivity contribution in [2.45, 2.75) is 343 Å². The maximum absolute atomic E-state index is 12.8. The van der Waals surface area contributed by atoms with Gasteiger partial charge in [-0.25, -0.2) is 0 Å². The largest absolute Gasteiger partial charge is 0.462 e. The second-order valence-electron chi connectivity index (χ2n) is 21.4. The third-order valence-electron chi connectivity index (χ3n) is 14.1. The van der Waals surface area contributed by atoms with Crippen LogP contribution in [0, 0.1) is 11.8 Å². The van der Waals surface area contributed by atoms with Crippen LogP contribution in [0.5, 0.6) is 0 Å². The summed E-state index contributed by atoms with van der Waals surface area (Å²) in [7, 11) is 0. The van der Waals surface area contributed by atoms with Crippen molar-refractivity contribution in [1.82, 2.24) is 0 Å². The van der Waals surface area contributed by atoms with Crippen molar-refractivity contribution in [3.05, 3.63) is 0 Å². The first-order valence-electron chi connectivity index (χ1n) is 29.8. The fourth-order valence-electron chi connectivity index (χ4n) is 9.20. The molecule has 6 heteroatoms. The minimum absolute atomic E-state index is 0.0626. The molecule has 0 bridgehead atoms.